The molecule has 0 heterocycles. The minimum Gasteiger partial charge on any atom is -0.444 e. The zero-order chi connectivity index (χ0) is 19.9. The second-order valence-electron chi connectivity index (χ2n) is 6.41. The third-order valence-electron chi connectivity index (χ3n) is 4.26. The molecule has 3 aromatic carbocycles. The number of hydrogen-bond acceptors (Lipinski definition) is 4. The molecule has 5 heteroatoms. The van der Waals surface area contributed by atoms with Gasteiger partial charge in [0.1, 0.15) is 0 Å². The molecule has 0 bridgehead atoms. The maximum Gasteiger partial charge on any atom is 0.339 e. The van der Waals surface area contributed by atoms with Crippen molar-refractivity contribution in [3.05, 3.63) is 101 Å². The molecule has 0 saturated heterocycles. The Morgan fingerprint density at radius 3 is 2.18 bits per heavy atom. The highest BCUT2D eigenvalue weighted by Gasteiger charge is 2.25. The highest BCUT2D eigenvalue weighted by Crippen LogP contribution is 2.22. The topological polar surface area (TPSA) is 75.6 Å². The summed E-state index contributed by atoms with van der Waals surface area (Å²) >= 11 is 0. The van der Waals surface area contributed by atoms with Crippen LogP contribution in [0.3, 0.4) is 0 Å². The minimum atomic E-state index is -1.09. The van der Waals surface area contributed by atoms with Crippen molar-refractivity contribution >= 4 is 17.6 Å². The molecule has 1 atom stereocenters. The van der Waals surface area contributed by atoms with Crippen LogP contribution in [0.15, 0.2) is 78.9 Å². The van der Waals surface area contributed by atoms with E-state index in [-0.39, 0.29) is 6.61 Å². The van der Waals surface area contributed by atoms with Crippen molar-refractivity contribution in [3.8, 4) is 0 Å². The van der Waals surface area contributed by atoms with Crippen LogP contribution in [-0.4, -0.2) is 17.0 Å². The number of carbonyl (C=O) groups is 2. The highest BCUT2D eigenvalue weighted by molar-refractivity contribution is 5.98. The molecule has 3 rings (SSSR count). The standard InChI is InChI=1S/C23H21NO4/c1-16-7-13-20(14-8-16)24-22(26)21(18-5-3-2-4-6-18)28-23(27)19-11-9-17(15-25)10-12-19/h2-14,21,25H,15H2,1H3,(H,24,26)/t21-/m1/s1. The summed E-state index contributed by atoms with van der Waals surface area (Å²) < 4.78 is 5.54. The quantitative estimate of drug-likeness (QED) is 0.638. The number of aryl methyl sites for hydroxylation is 1. The molecule has 142 valence electrons. The number of aliphatic hydroxyl groups excluding tert-OH is 1. The average molecular weight is 375 g/mol. The zero-order valence-corrected chi connectivity index (χ0v) is 15.5. The fourth-order valence-corrected chi connectivity index (χ4v) is 2.67. The van der Waals surface area contributed by atoms with Gasteiger partial charge in [0.25, 0.3) is 5.91 Å². The molecule has 3 aromatic rings. The van der Waals surface area contributed by atoms with Gasteiger partial charge in [-0.25, -0.2) is 4.79 Å². The summed E-state index contributed by atoms with van der Waals surface area (Å²) in [6.45, 7) is 1.85. The number of esters is 1. The van der Waals surface area contributed by atoms with Crippen LogP contribution in [0.4, 0.5) is 5.69 Å². The van der Waals surface area contributed by atoms with Gasteiger partial charge in [-0.3, -0.25) is 4.79 Å². The van der Waals surface area contributed by atoms with Gasteiger partial charge in [-0.1, -0.05) is 60.2 Å². The van der Waals surface area contributed by atoms with Gasteiger partial charge in [0.15, 0.2) is 0 Å². The SMILES string of the molecule is Cc1ccc(NC(=O)[C@H](OC(=O)c2ccc(CO)cc2)c2ccccc2)cc1. The van der Waals surface area contributed by atoms with Crippen molar-refractivity contribution in [1.82, 2.24) is 0 Å². The number of hydrogen-bond donors (Lipinski definition) is 2. The molecule has 5 nitrogen and oxygen atoms in total. The first-order valence-electron chi connectivity index (χ1n) is 8.90. The molecule has 0 aromatic heterocycles. The molecule has 2 N–H and O–H groups in total. The lowest BCUT2D eigenvalue weighted by atomic mass is 10.1. The molecule has 0 unspecified atom stereocenters. The number of aliphatic hydroxyl groups is 1. The molecule has 1 amide bonds. The Morgan fingerprint density at radius 2 is 1.57 bits per heavy atom. The Hall–Kier alpha value is -3.44. The Labute approximate surface area is 163 Å². The maximum atomic E-state index is 12.8. The van der Waals surface area contributed by atoms with Crippen molar-refractivity contribution in [1.29, 1.82) is 0 Å². The highest BCUT2D eigenvalue weighted by atomic mass is 16.5. The Kier molecular flexibility index (Phi) is 6.19. The molecule has 0 aliphatic carbocycles. The Balaban J connectivity index is 1.81. The van der Waals surface area contributed by atoms with Gasteiger partial charge >= 0.3 is 5.97 Å². The Morgan fingerprint density at radius 1 is 0.929 bits per heavy atom. The zero-order valence-electron chi connectivity index (χ0n) is 15.5. The van der Waals surface area contributed by atoms with Gasteiger partial charge in [0.2, 0.25) is 6.10 Å². The minimum absolute atomic E-state index is 0.110. The fourth-order valence-electron chi connectivity index (χ4n) is 2.67. The summed E-state index contributed by atoms with van der Waals surface area (Å²) in [7, 11) is 0. The van der Waals surface area contributed by atoms with E-state index in [1.807, 2.05) is 25.1 Å². The monoisotopic (exact) mass is 375 g/mol. The lowest BCUT2D eigenvalue weighted by Gasteiger charge is -2.18. The predicted molar refractivity (Wildman–Crippen MR) is 107 cm³/mol. The number of nitrogens with one attached hydrogen (secondary N) is 1. The summed E-state index contributed by atoms with van der Waals surface area (Å²) in [4.78, 5) is 25.4. The lowest BCUT2D eigenvalue weighted by Crippen LogP contribution is -2.26. The molecule has 0 fully saturated rings. The van der Waals surface area contributed by atoms with Crippen LogP contribution in [0.2, 0.25) is 0 Å². The van der Waals surface area contributed by atoms with Crippen LogP contribution in [0.1, 0.15) is 33.2 Å². The van der Waals surface area contributed by atoms with E-state index in [2.05, 4.69) is 5.32 Å². The predicted octanol–water partition coefficient (Wildman–Crippen LogP) is 4.02. The second kappa shape index (κ2) is 8.97. The van der Waals surface area contributed by atoms with Crippen molar-refractivity contribution in [3.63, 3.8) is 0 Å². The third kappa shape index (κ3) is 4.84. The summed E-state index contributed by atoms with van der Waals surface area (Å²) in [6.07, 6.45) is -1.09. The van der Waals surface area contributed by atoms with E-state index < -0.39 is 18.0 Å². The van der Waals surface area contributed by atoms with E-state index in [1.165, 1.54) is 0 Å². The van der Waals surface area contributed by atoms with Gasteiger partial charge in [0, 0.05) is 11.3 Å². The first-order valence-corrected chi connectivity index (χ1v) is 8.90. The van der Waals surface area contributed by atoms with Crippen LogP contribution in [0, 0.1) is 6.92 Å². The number of ether oxygens (including phenoxy) is 1. The Bertz CT molecular complexity index is 935. The summed E-state index contributed by atoms with van der Waals surface area (Å²) in [5.74, 6) is -1.05. The molecular weight excluding hydrogens is 354 g/mol. The van der Waals surface area contributed by atoms with E-state index in [4.69, 9.17) is 9.84 Å². The van der Waals surface area contributed by atoms with Crippen molar-refractivity contribution < 1.29 is 19.4 Å². The average Bonchev–Trinajstić information content (AvgIpc) is 2.74. The number of amides is 1. The van der Waals surface area contributed by atoms with Gasteiger partial charge in [-0.2, -0.15) is 0 Å². The van der Waals surface area contributed by atoms with Gasteiger partial charge in [-0.05, 0) is 36.8 Å². The van der Waals surface area contributed by atoms with Crippen molar-refractivity contribution in [2.75, 3.05) is 5.32 Å². The first kappa shape index (κ1) is 19.3. The smallest absolute Gasteiger partial charge is 0.339 e. The van der Waals surface area contributed by atoms with Crippen LogP contribution in [0.5, 0.6) is 0 Å². The molecule has 0 aliphatic rings. The van der Waals surface area contributed by atoms with E-state index in [9.17, 15) is 9.59 Å². The van der Waals surface area contributed by atoms with E-state index >= 15 is 0 Å². The molecule has 28 heavy (non-hydrogen) atoms. The maximum absolute atomic E-state index is 12.8. The second-order valence-corrected chi connectivity index (χ2v) is 6.41. The van der Waals surface area contributed by atoms with Gasteiger partial charge in [-0.15, -0.1) is 0 Å². The number of rotatable bonds is 6. The van der Waals surface area contributed by atoms with Crippen molar-refractivity contribution in [2.45, 2.75) is 19.6 Å². The van der Waals surface area contributed by atoms with Gasteiger partial charge in [0.05, 0.1) is 12.2 Å². The molecule has 0 radical (unpaired) electrons. The van der Waals surface area contributed by atoms with Crippen LogP contribution < -0.4 is 5.32 Å². The molecule has 0 aliphatic heterocycles. The number of carbonyl (C=O) groups excluding carboxylic acids is 2. The molecular formula is C23H21NO4. The van der Waals surface area contributed by atoms with E-state index in [0.29, 0.717) is 22.4 Å². The van der Waals surface area contributed by atoms with Crippen LogP contribution in [-0.2, 0) is 16.1 Å². The number of benzene rings is 3. The number of anilines is 1. The van der Waals surface area contributed by atoms with Crippen LogP contribution >= 0.6 is 0 Å². The fraction of sp³-hybridized carbons (Fsp3) is 0.130. The van der Waals surface area contributed by atoms with Crippen LogP contribution in [0.25, 0.3) is 0 Å². The van der Waals surface area contributed by atoms with Gasteiger partial charge < -0.3 is 15.2 Å². The molecule has 0 saturated carbocycles. The lowest BCUT2D eigenvalue weighted by molar-refractivity contribution is -0.125. The summed E-state index contributed by atoms with van der Waals surface area (Å²) in [5.41, 5.74) is 3.28. The summed E-state index contributed by atoms with van der Waals surface area (Å²) in [5, 5.41) is 11.9. The summed E-state index contributed by atoms with van der Waals surface area (Å²) in [6, 6.07) is 22.6. The molecule has 0 spiro atoms. The largest absolute Gasteiger partial charge is 0.444 e. The van der Waals surface area contributed by atoms with E-state index in [0.717, 1.165) is 5.56 Å². The third-order valence-corrected chi connectivity index (χ3v) is 4.26. The first-order chi connectivity index (χ1) is 13.6. The van der Waals surface area contributed by atoms with Crippen molar-refractivity contribution in [2.24, 2.45) is 0 Å². The van der Waals surface area contributed by atoms with E-state index in [1.54, 1.807) is 60.7 Å². The normalized spacial score (nSPS) is 11.5.